The van der Waals surface area contributed by atoms with E-state index in [0.717, 1.165) is 10.9 Å². The topological polar surface area (TPSA) is 253 Å². The largest absolute Gasteiger partial charge is 0.481 e. The van der Waals surface area contributed by atoms with Crippen LogP contribution in [0.25, 0.3) is 11.2 Å². The maximum Gasteiger partial charge on any atom is 0.481 e. The molecule has 0 saturated carbocycles. The standard InChI is InChI=1S/C10H15N5O11P2/c11-10-13-7-4(8(18)14-10)12-2-15(7)9-6(17)5(16)3(25-9)1-24-28(22,23)26-27(19,20)21/h2-3,5-6,9,16-17H,1H2,(H,22,23)(H2,19,20,21)(H3,11,13,14,18)/t3-,5?,6+,9-/m1/s1/i1+1,2+1,3+1,4+1,5+1,6+1,7+1,8+1,9+1,10+1. The first-order chi connectivity index (χ1) is 12.9. The molecule has 1 saturated heterocycles. The summed E-state index contributed by atoms with van der Waals surface area (Å²) in [5.41, 5.74) is 4.65. The summed E-state index contributed by atoms with van der Waals surface area (Å²) in [6.07, 6.45) is -4.88. The van der Waals surface area contributed by atoms with E-state index in [-0.39, 0.29) is 17.1 Å². The highest BCUT2D eigenvalue weighted by Gasteiger charge is 2.46. The van der Waals surface area contributed by atoms with Crippen LogP contribution in [0.3, 0.4) is 0 Å². The fraction of sp³-hybridized carbons (Fsp3) is 0.500. The van der Waals surface area contributed by atoms with Crippen LogP contribution in [-0.4, -0.2) is 69.3 Å². The van der Waals surface area contributed by atoms with Crippen LogP contribution in [0.4, 0.5) is 5.95 Å². The van der Waals surface area contributed by atoms with Crippen LogP contribution in [0.15, 0.2) is 11.1 Å². The number of imidazole rings is 1. The number of fused-ring (bicyclic) bond motifs is 1. The van der Waals surface area contributed by atoms with Crippen molar-refractivity contribution in [3.8, 4) is 0 Å². The number of aromatic amines is 1. The molecule has 18 heteroatoms. The number of nitrogens with zero attached hydrogens (tertiary/aromatic N) is 3. The van der Waals surface area contributed by atoms with Crippen molar-refractivity contribution >= 4 is 32.8 Å². The Morgan fingerprint density at radius 1 is 1.29 bits per heavy atom. The van der Waals surface area contributed by atoms with E-state index >= 15 is 0 Å². The van der Waals surface area contributed by atoms with Gasteiger partial charge < -0.3 is 35.4 Å². The summed E-state index contributed by atoms with van der Waals surface area (Å²) in [7, 11) is -10.5. The Bertz CT molecular complexity index is 1030. The molecule has 3 heterocycles. The van der Waals surface area contributed by atoms with Gasteiger partial charge in [0.15, 0.2) is 17.4 Å². The number of nitrogen functional groups attached to an aromatic ring is 1. The molecule has 8 N–H and O–H groups in total. The van der Waals surface area contributed by atoms with E-state index < -0.39 is 52.4 Å². The summed E-state index contributed by atoms with van der Waals surface area (Å²) in [4.78, 5) is 48.1. The average molecular weight is 453 g/mol. The van der Waals surface area contributed by atoms with Crippen molar-refractivity contribution in [2.75, 3.05) is 12.3 Å². The molecule has 2 aromatic rings. The second-order valence-electron chi connectivity index (χ2n) is 5.66. The second-order valence-corrected chi connectivity index (χ2v) is 8.49. The third-order valence-corrected chi connectivity index (χ3v) is 5.83. The third-order valence-electron chi connectivity index (χ3n) is 3.67. The van der Waals surface area contributed by atoms with Gasteiger partial charge in [-0.1, -0.05) is 0 Å². The summed E-state index contributed by atoms with van der Waals surface area (Å²) in [6, 6.07) is 0. The Morgan fingerprint density at radius 2 is 1.96 bits per heavy atom. The lowest BCUT2D eigenvalue weighted by Crippen LogP contribution is -2.33. The van der Waals surface area contributed by atoms with Gasteiger partial charge in [0, 0.05) is 0 Å². The predicted molar refractivity (Wildman–Crippen MR) is 87.4 cm³/mol. The summed E-state index contributed by atoms with van der Waals surface area (Å²) in [5, 5.41) is 20.3. The van der Waals surface area contributed by atoms with Gasteiger partial charge in [-0.2, -0.15) is 9.29 Å². The molecule has 3 rings (SSSR count). The number of phosphoric ester groups is 1. The number of nitrogens with one attached hydrogen (secondary N) is 1. The minimum Gasteiger partial charge on any atom is -0.387 e. The van der Waals surface area contributed by atoms with Gasteiger partial charge >= 0.3 is 15.6 Å². The number of ether oxygens (including phenoxy) is 1. The van der Waals surface area contributed by atoms with Crippen molar-refractivity contribution in [1.82, 2.24) is 19.5 Å². The Kier molecular flexibility index (Phi) is 5.46. The van der Waals surface area contributed by atoms with Crippen LogP contribution < -0.4 is 11.3 Å². The molecule has 28 heavy (non-hydrogen) atoms. The van der Waals surface area contributed by atoms with Gasteiger partial charge in [-0.15, -0.1) is 0 Å². The van der Waals surface area contributed by atoms with Crippen molar-refractivity contribution in [1.29, 1.82) is 0 Å². The molecule has 0 bridgehead atoms. The molecule has 1 aliphatic heterocycles. The molecule has 2 aromatic heterocycles. The normalized spacial score (nSPS) is 27.9. The molecule has 0 spiro atoms. The minimum atomic E-state index is -5.32. The lowest BCUT2D eigenvalue weighted by atomic mass is 11.1. The quantitative estimate of drug-likeness (QED) is 0.177. The van der Waals surface area contributed by atoms with Gasteiger partial charge in [-0.3, -0.25) is 18.9 Å². The molecule has 2 unspecified atom stereocenters. The van der Waals surface area contributed by atoms with Crippen LogP contribution in [0, 0.1) is 0 Å². The number of H-pyrrole nitrogens is 1. The molecule has 0 radical (unpaired) electrons. The van der Waals surface area contributed by atoms with Crippen LogP contribution >= 0.6 is 15.6 Å². The summed E-state index contributed by atoms with van der Waals surface area (Å²) in [5.74, 6) is -0.233. The van der Waals surface area contributed by atoms with Crippen LogP contribution in [-0.2, 0) is 22.7 Å². The number of anilines is 1. The molecule has 1 fully saturated rings. The zero-order chi connectivity index (χ0) is 20.9. The van der Waals surface area contributed by atoms with Gasteiger partial charge in [-0.05, 0) is 0 Å². The monoisotopic (exact) mass is 453 g/mol. The number of hydrogen-bond donors (Lipinski definition) is 7. The highest BCUT2D eigenvalue weighted by Crippen LogP contribution is 2.57. The van der Waals surface area contributed by atoms with E-state index in [0.29, 0.717) is 0 Å². The number of aliphatic hydroxyl groups is 2. The van der Waals surface area contributed by atoms with Gasteiger partial charge in [0.1, 0.15) is 18.3 Å². The molecule has 0 amide bonds. The van der Waals surface area contributed by atoms with Gasteiger partial charge in [0.25, 0.3) is 5.56 Å². The first-order valence-corrected chi connectivity index (χ1v) is 10.4. The Balaban J connectivity index is 1.79. The first kappa shape index (κ1) is 21.0. The lowest BCUT2D eigenvalue weighted by Gasteiger charge is -2.17. The van der Waals surface area contributed by atoms with Crippen molar-refractivity contribution in [3.05, 3.63) is 16.7 Å². The molecule has 5 atom stereocenters. The number of nitrogens with two attached hydrogens (primary N) is 1. The van der Waals surface area contributed by atoms with E-state index in [1.807, 2.05) is 0 Å². The highest BCUT2D eigenvalue weighted by molar-refractivity contribution is 7.60. The molecular formula is C10H15N5O11P2. The number of hydrogen-bond acceptors (Lipinski definition) is 11. The van der Waals surface area contributed by atoms with Gasteiger partial charge in [0.05, 0.1) is 12.9 Å². The third kappa shape index (κ3) is 4.31. The van der Waals surface area contributed by atoms with E-state index in [1.165, 1.54) is 0 Å². The maximum absolute atomic E-state index is 11.8. The average Bonchev–Trinajstić information content (AvgIpc) is 3.06. The van der Waals surface area contributed by atoms with Crippen molar-refractivity contribution in [2.45, 2.75) is 24.5 Å². The van der Waals surface area contributed by atoms with Gasteiger partial charge in [-0.25, -0.2) is 14.1 Å². The summed E-state index contributed by atoms with van der Waals surface area (Å²) in [6.45, 7) is -0.870. The van der Waals surface area contributed by atoms with Crippen LogP contribution in [0.2, 0.25) is 0 Å². The Morgan fingerprint density at radius 3 is 2.61 bits per heavy atom. The molecule has 156 valence electrons. The Hall–Kier alpha value is -1.71. The van der Waals surface area contributed by atoms with Crippen molar-refractivity contribution < 1.29 is 47.6 Å². The minimum absolute atomic E-state index is 0.0586. The number of aromatic nitrogens is 4. The van der Waals surface area contributed by atoms with Crippen LogP contribution in [0.1, 0.15) is 6.23 Å². The van der Waals surface area contributed by atoms with E-state index in [1.54, 1.807) is 0 Å². The van der Waals surface area contributed by atoms with E-state index in [9.17, 15) is 29.0 Å². The molecule has 16 nitrogen and oxygen atoms in total. The highest BCUT2D eigenvalue weighted by atomic mass is 31.3. The molecular weight excluding hydrogens is 438 g/mol. The summed E-state index contributed by atoms with van der Waals surface area (Å²) < 4.78 is 36.6. The molecule has 1 aliphatic rings. The zero-order valence-corrected chi connectivity index (χ0v) is 15.4. The molecule has 0 aromatic carbocycles. The van der Waals surface area contributed by atoms with Crippen LogP contribution in [0.5, 0.6) is 0 Å². The molecule has 0 aliphatic carbocycles. The SMILES string of the molecule is N[13c]1n[13c]2[13c](n[13cH]n2[13C@@H]2O[13C@H]([13CH2]OP(=O)(O)OP(=O)(O)O)[13CH](O)[13C@@H]2O)[13c](=O)[nH]1. The van der Waals surface area contributed by atoms with Gasteiger partial charge in [0.2, 0.25) is 5.95 Å². The smallest absolute Gasteiger partial charge is 0.387 e. The first-order valence-electron chi connectivity index (χ1n) is 7.36. The fourth-order valence-electron chi connectivity index (χ4n) is 2.55. The maximum atomic E-state index is 11.8. The number of aliphatic hydroxyl groups excluding tert-OH is 2. The fourth-order valence-corrected chi connectivity index (χ4v) is 4.15. The summed E-state index contributed by atoms with van der Waals surface area (Å²) >= 11 is 0. The zero-order valence-electron chi connectivity index (χ0n) is 13.6. The van der Waals surface area contributed by atoms with Crippen molar-refractivity contribution in [3.63, 3.8) is 0 Å². The second kappa shape index (κ2) is 7.27. The number of phosphoric acid groups is 2. The Labute approximate surface area is 154 Å². The van der Waals surface area contributed by atoms with Crippen molar-refractivity contribution in [2.24, 2.45) is 0 Å². The van der Waals surface area contributed by atoms with E-state index in [2.05, 4.69) is 23.8 Å². The number of rotatable bonds is 6. The lowest BCUT2D eigenvalue weighted by molar-refractivity contribution is -0.0503. The predicted octanol–water partition coefficient (Wildman–Crippen LogP) is -2.45. The van der Waals surface area contributed by atoms with E-state index in [4.69, 9.17) is 20.3 Å².